The summed E-state index contributed by atoms with van der Waals surface area (Å²) in [5.74, 6) is 0.378. The molecule has 6 rings (SSSR count). The van der Waals surface area contributed by atoms with Crippen molar-refractivity contribution >= 4 is 23.0 Å². The number of rotatable bonds is 9. The molecule has 2 aromatic carbocycles. The van der Waals surface area contributed by atoms with Gasteiger partial charge in [0, 0.05) is 12.1 Å². The zero-order valence-corrected chi connectivity index (χ0v) is 23.9. The molecule has 1 N–H and O–H groups in total. The number of aryl methyl sites for hydroxylation is 1. The van der Waals surface area contributed by atoms with Crippen LogP contribution in [0.1, 0.15) is 24.5 Å². The third-order valence-electron chi connectivity index (χ3n) is 7.76. The fourth-order valence-corrected chi connectivity index (χ4v) is 5.67. The molecule has 2 aromatic rings. The number of allylic oxidation sites excluding steroid dienone is 1. The largest absolute Gasteiger partial charge is 0.489 e. The molecule has 3 aliphatic heterocycles. The molecular formula is C33H30N2O8. The molecule has 0 aromatic heterocycles. The summed E-state index contributed by atoms with van der Waals surface area (Å²) < 4.78 is 22.7. The quantitative estimate of drug-likeness (QED) is 0.176. The van der Waals surface area contributed by atoms with E-state index in [4.69, 9.17) is 18.6 Å². The van der Waals surface area contributed by atoms with Crippen molar-refractivity contribution in [3.05, 3.63) is 99.4 Å². The highest BCUT2D eigenvalue weighted by molar-refractivity contribution is 6.00. The van der Waals surface area contributed by atoms with E-state index in [9.17, 15) is 19.5 Å². The first-order valence-corrected chi connectivity index (χ1v) is 13.9. The van der Waals surface area contributed by atoms with Crippen molar-refractivity contribution in [3.8, 4) is 23.0 Å². The lowest BCUT2D eigenvalue weighted by Crippen LogP contribution is -2.61. The van der Waals surface area contributed by atoms with Crippen LogP contribution in [0.2, 0.25) is 0 Å². The highest BCUT2D eigenvalue weighted by atomic mass is 16.5. The highest BCUT2D eigenvalue weighted by Crippen LogP contribution is 2.44. The molecule has 0 spiro atoms. The van der Waals surface area contributed by atoms with E-state index in [2.05, 4.69) is 4.98 Å². The van der Waals surface area contributed by atoms with Crippen LogP contribution in [0.4, 0.5) is 0 Å². The molecule has 4 aliphatic rings. The van der Waals surface area contributed by atoms with Crippen molar-refractivity contribution < 1.29 is 33.3 Å². The number of ether oxygens (including phenoxy) is 3. The Kier molecular flexibility index (Phi) is 7.45. The van der Waals surface area contributed by atoms with Gasteiger partial charge in [-0.15, -0.1) is 0 Å². The minimum absolute atomic E-state index is 0.142. The van der Waals surface area contributed by atoms with Gasteiger partial charge in [0.15, 0.2) is 16.8 Å². The van der Waals surface area contributed by atoms with Gasteiger partial charge >= 0.3 is 5.97 Å². The predicted molar refractivity (Wildman–Crippen MR) is 157 cm³/mol. The Hall–Kier alpha value is -4.96. The molecule has 10 nitrogen and oxygen atoms in total. The van der Waals surface area contributed by atoms with E-state index in [-0.39, 0.29) is 29.7 Å². The molecule has 1 amide bonds. The fourth-order valence-electron chi connectivity index (χ4n) is 5.67. The van der Waals surface area contributed by atoms with Gasteiger partial charge in [0.25, 0.3) is 0 Å². The maximum atomic E-state index is 12.5. The Morgan fingerprint density at radius 1 is 1.14 bits per heavy atom. The standard InChI is InChI=1S/C33H30N2O8/c1-18-13-20(17-42-23-8-10-25-29(16-23)43-28-15-22(37)7-9-24(28)34-25)6-11-27(18)41-12-4-5-21-14-26-30(19(2)36)32(38)35(26)31(21)33(39)40-3/h4-11,13,15-16,19,26,30,36H,12,14,17H2,1-3H3/b5-4+/t19-,26-,30-/m1/s1. The van der Waals surface area contributed by atoms with Gasteiger partial charge in [0.2, 0.25) is 5.91 Å². The molecule has 0 radical (unpaired) electrons. The summed E-state index contributed by atoms with van der Waals surface area (Å²) in [6.07, 6.45) is 3.26. The third kappa shape index (κ3) is 5.37. The van der Waals surface area contributed by atoms with Gasteiger partial charge in [0.1, 0.15) is 41.6 Å². The number of hydrogen-bond donors (Lipinski definition) is 1. The van der Waals surface area contributed by atoms with Crippen LogP contribution in [0.5, 0.6) is 11.5 Å². The average Bonchev–Trinajstić information content (AvgIpc) is 3.31. The van der Waals surface area contributed by atoms with Crippen molar-refractivity contribution in [3.63, 3.8) is 0 Å². The molecule has 10 heteroatoms. The Morgan fingerprint density at radius 3 is 2.74 bits per heavy atom. The van der Waals surface area contributed by atoms with Gasteiger partial charge in [-0.3, -0.25) is 9.59 Å². The first-order chi connectivity index (χ1) is 20.7. The Labute approximate surface area is 247 Å². The van der Waals surface area contributed by atoms with E-state index in [1.54, 1.807) is 31.2 Å². The van der Waals surface area contributed by atoms with Gasteiger partial charge in [-0.05, 0) is 79.4 Å². The third-order valence-corrected chi connectivity index (χ3v) is 7.76. The summed E-state index contributed by atoms with van der Waals surface area (Å²) >= 11 is 0. The monoisotopic (exact) mass is 582 g/mol. The number of carbonyl (C=O) groups excluding carboxylic acids is 2. The maximum Gasteiger partial charge on any atom is 0.355 e. The molecule has 220 valence electrons. The van der Waals surface area contributed by atoms with Crippen molar-refractivity contribution in [2.45, 2.75) is 39.0 Å². The molecular weight excluding hydrogens is 552 g/mol. The summed E-state index contributed by atoms with van der Waals surface area (Å²) in [5, 5.41) is 9.97. The van der Waals surface area contributed by atoms with E-state index in [0.717, 1.165) is 11.1 Å². The van der Waals surface area contributed by atoms with Gasteiger partial charge < -0.3 is 28.6 Å². The zero-order valence-electron chi connectivity index (χ0n) is 23.9. The number of esters is 1. The van der Waals surface area contributed by atoms with Crippen LogP contribution < -0.4 is 14.9 Å². The van der Waals surface area contributed by atoms with Gasteiger partial charge in [-0.2, -0.15) is 0 Å². The minimum atomic E-state index is -0.786. The molecule has 3 atom stereocenters. The first-order valence-electron chi connectivity index (χ1n) is 13.9. The summed E-state index contributed by atoms with van der Waals surface area (Å²) in [6.45, 7) is 4.11. The lowest BCUT2D eigenvalue weighted by atomic mass is 9.83. The number of hydrogen-bond acceptors (Lipinski definition) is 9. The lowest BCUT2D eigenvalue weighted by molar-refractivity contribution is -0.161. The van der Waals surface area contributed by atoms with Crippen molar-refractivity contribution in [2.75, 3.05) is 13.7 Å². The van der Waals surface area contributed by atoms with Crippen LogP contribution in [-0.4, -0.2) is 52.7 Å². The van der Waals surface area contributed by atoms with Gasteiger partial charge in [0.05, 0.1) is 25.2 Å². The average molecular weight is 583 g/mol. The van der Waals surface area contributed by atoms with Crippen molar-refractivity contribution in [1.29, 1.82) is 0 Å². The number of nitrogens with zero attached hydrogens (tertiary/aromatic N) is 2. The van der Waals surface area contributed by atoms with Crippen molar-refractivity contribution in [1.82, 2.24) is 9.88 Å². The molecule has 1 aliphatic carbocycles. The Balaban J connectivity index is 1.08. The lowest BCUT2D eigenvalue weighted by Gasteiger charge is -2.44. The number of aromatic nitrogens is 1. The number of fused-ring (bicyclic) bond motifs is 3. The predicted octanol–water partition coefficient (Wildman–Crippen LogP) is 4.15. The SMILES string of the molecule is COC(=O)C1=C(/C=C/COc2ccc(COc3ccc4nc5ccc(=O)cc-5oc4c3)cc2C)C[C@@H]2[C@@H]([C@@H](C)O)C(=O)N12. The van der Waals surface area contributed by atoms with Crippen LogP contribution in [0.15, 0.2) is 87.2 Å². The number of benzene rings is 3. The fraction of sp³-hybridized carbons (Fsp3) is 0.273. The molecule has 0 saturated carbocycles. The van der Waals surface area contributed by atoms with Crippen LogP contribution in [0, 0.1) is 12.8 Å². The Bertz CT molecular complexity index is 1820. The van der Waals surface area contributed by atoms with Gasteiger partial charge in [-0.25, -0.2) is 9.78 Å². The van der Waals surface area contributed by atoms with Crippen LogP contribution in [-0.2, 0) is 20.9 Å². The summed E-state index contributed by atoms with van der Waals surface area (Å²) in [7, 11) is 1.28. The summed E-state index contributed by atoms with van der Waals surface area (Å²) in [5.41, 5.74) is 4.45. The molecule has 1 saturated heterocycles. The zero-order chi connectivity index (χ0) is 30.2. The molecule has 0 unspecified atom stereocenters. The van der Waals surface area contributed by atoms with Gasteiger partial charge in [-0.1, -0.05) is 12.1 Å². The second-order valence-electron chi connectivity index (χ2n) is 10.7. The number of β-lactam (4-membered cyclic amide) rings is 1. The van der Waals surface area contributed by atoms with Crippen LogP contribution in [0.3, 0.4) is 0 Å². The number of carbonyl (C=O) groups is 2. The topological polar surface area (TPSA) is 128 Å². The summed E-state index contributed by atoms with van der Waals surface area (Å²) in [4.78, 5) is 42.6. The van der Waals surface area contributed by atoms with Crippen LogP contribution >= 0.6 is 0 Å². The summed E-state index contributed by atoms with van der Waals surface area (Å²) in [6, 6.07) is 15.4. The first kappa shape index (κ1) is 28.2. The number of aliphatic hydroxyl groups is 1. The highest BCUT2D eigenvalue weighted by Gasteiger charge is 2.56. The van der Waals surface area contributed by atoms with Crippen LogP contribution in [0.25, 0.3) is 22.6 Å². The van der Waals surface area contributed by atoms with E-state index in [0.29, 0.717) is 52.7 Å². The van der Waals surface area contributed by atoms with E-state index in [1.165, 1.54) is 24.1 Å². The molecule has 1 fully saturated rings. The smallest absolute Gasteiger partial charge is 0.355 e. The van der Waals surface area contributed by atoms with E-state index < -0.39 is 18.0 Å². The second-order valence-corrected chi connectivity index (χ2v) is 10.7. The second kappa shape index (κ2) is 11.4. The van der Waals surface area contributed by atoms with E-state index in [1.807, 2.05) is 37.3 Å². The number of amides is 1. The van der Waals surface area contributed by atoms with E-state index >= 15 is 0 Å². The molecule has 43 heavy (non-hydrogen) atoms. The number of methoxy groups -OCH3 is 1. The maximum absolute atomic E-state index is 12.5. The molecule has 0 bridgehead atoms. The number of aliphatic hydroxyl groups excluding tert-OH is 1. The minimum Gasteiger partial charge on any atom is -0.489 e. The Morgan fingerprint density at radius 2 is 1.98 bits per heavy atom. The van der Waals surface area contributed by atoms with Crippen molar-refractivity contribution in [2.24, 2.45) is 5.92 Å². The normalized spacial score (nSPS) is 18.7. The molecule has 3 heterocycles.